The van der Waals surface area contributed by atoms with Crippen molar-refractivity contribution in [1.82, 2.24) is 19.5 Å². The zero-order valence-corrected chi connectivity index (χ0v) is 17.4. The number of rotatable bonds is 5. The van der Waals surface area contributed by atoms with E-state index in [4.69, 9.17) is 11.6 Å². The number of nitrogens with one attached hydrogen (secondary N) is 1. The van der Waals surface area contributed by atoms with E-state index < -0.39 is 16.9 Å². The zero-order chi connectivity index (χ0) is 20.7. The van der Waals surface area contributed by atoms with Crippen LogP contribution in [0.3, 0.4) is 0 Å². The molecule has 3 fully saturated rings. The number of amides is 1. The van der Waals surface area contributed by atoms with Crippen molar-refractivity contribution < 1.29 is 14.7 Å². The van der Waals surface area contributed by atoms with Crippen molar-refractivity contribution in [2.24, 2.45) is 5.41 Å². The number of aromatic nitrogens is 3. The third-order valence-corrected chi connectivity index (χ3v) is 7.26. The van der Waals surface area contributed by atoms with E-state index in [1.807, 2.05) is 24.3 Å². The number of halogens is 1. The number of thiophene rings is 1. The molecular weight excluding hydrogens is 416 g/mol. The highest BCUT2D eigenvalue weighted by Gasteiger charge is 2.72. The van der Waals surface area contributed by atoms with Crippen molar-refractivity contribution in [1.29, 1.82) is 0 Å². The van der Waals surface area contributed by atoms with Gasteiger partial charge in [-0.25, -0.2) is 4.68 Å². The van der Waals surface area contributed by atoms with Crippen molar-refractivity contribution in [2.45, 2.75) is 51.1 Å². The van der Waals surface area contributed by atoms with Gasteiger partial charge in [-0.05, 0) is 31.4 Å². The lowest BCUT2D eigenvalue weighted by atomic mass is 9.39. The molecule has 3 heterocycles. The van der Waals surface area contributed by atoms with Crippen LogP contribution in [0.1, 0.15) is 44.9 Å². The summed E-state index contributed by atoms with van der Waals surface area (Å²) in [6.07, 6.45) is 1.36. The molecule has 3 aromatic rings. The van der Waals surface area contributed by atoms with E-state index >= 15 is 0 Å². The topological polar surface area (TPSA) is 106 Å². The van der Waals surface area contributed by atoms with E-state index in [0.29, 0.717) is 34.9 Å². The van der Waals surface area contributed by atoms with Gasteiger partial charge < -0.3 is 10.4 Å². The van der Waals surface area contributed by atoms with Crippen molar-refractivity contribution in [3.63, 3.8) is 0 Å². The molecule has 3 aliphatic rings. The number of fused-ring (bicyclic) bond motifs is 3. The summed E-state index contributed by atoms with van der Waals surface area (Å²) in [5, 5.41) is 16.6. The van der Waals surface area contributed by atoms with Crippen LogP contribution in [0, 0.1) is 5.41 Å². The SMILES string of the molecule is CC(C)c1nn(CC(=O)NC23CC(C(=O)O)(C2)C3)c(=O)c2cc3sc(Cl)cc3n12. The van der Waals surface area contributed by atoms with Gasteiger partial charge in [-0.15, -0.1) is 11.3 Å². The first-order chi connectivity index (χ1) is 13.6. The summed E-state index contributed by atoms with van der Waals surface area (Å²) in [5.74, 6) is -0.428. The summed E-state index contributed by atoms with van der Waals surface area (Å²) < 4.78 is 4.55. The lowest BCUT2D eigenvalue weighted by Crippen LogP contribution is -2.77. The molecule has 10 heteroatoms. The molecule has 6 rings (SSSR count). The Kier molecular flexibility index (Phi) is 3.74. The predicted octanol–water partition coefficient (Wildman–Crippen LogP) is 2.61. The fourth-order valence-corrected chi connectivity index (χ4v) is 5.97. The van der Waals surface area contributed by atoms with Crippen molar-refractivity contribution >= 4 is 50.5 Å². The first-order valence-corrected chi connectivity index (χ1v) is 10.6. The summed E-state index contributed by atoms with van der Waals surface area (Å²) >= 11 is 7.52. The van der Waals surface area contributed by atoms with Gasteiger partial charge in [-0.1, -0.05) is 25.4 Å². The average Bonchev–Trinajstić information content (AvgIpc) is 3.08. The number of carbonyl (C=O) groups excluding carboxylic acids is 1. The summed E-state index contributed by atoms with van der Waals surface area (Å²) in [6.45, 7) is 3.75. The Labute approximate surface area is 174 Å². The third kappa shape index (κ3) is 2.56. The van der Waals surface area contributed by atoms with Gasteiger partial charge in [0, 0.05) is 11.5 Å². The number of carboxylic acid groups (broad SMARTS) is 1. The average molecular weight is 435 g/mol. The molecular formula is C19H19ClN4O4S. The Morgan fingerprint density at radius 2 is 2.00 bits per heavy atom. The maximum absolute atomic E-state index is 13.0. The number of nitrogens with zero attached hydrogens (tertiary/aromatic N) is 3. The molecule has 0 saturated heterocycles. The van der Waals surface area contributed by atoms with Crippen LogP contribution in [0.5, 0.6) is 0 Å². The Morgan fingerprint density at radius 1 is 1.31 bits per heavy atom. The Morgan fingerprint density at radius 3 is 2.62 bits per heavy atom. The number of hydrogen-bond acceptors (Lipinski definition) is 5. The normalized spacial score (nSPS) is 25.2. The number of carbonyl (C=O) groups is 2. The first kappa shape index (κ1) is 18.6. The summed E-state index contributed by atoms with van der Waals surface area (Å²) in [6, 6.07) is 3.60. The molecule has 0 radical (unpaired) electrons. The van der Waals surface area contributed by atoms with Gasteiger partial charge in [0.2, 0.25) is 5.91 Å². The third-order valence-electron chi connectivity index (χ3n) is 6.06. The molecule has 3 aliphatic carbocycles. The minimum atomic E-state index is -0.799. The Bertz CT molecular complexity index is 1250. The molecule has 2 N–H and O–H groups in total. The largest absolute Gasteiger partial charge is 0.481 e. The second-order valence-electron chi connectivity index (χ2n) is 8.59. The fourth-order valence-electron chi connectivity index (χ4n) is 4.81. The van der Waals surface area contributed by atoms with Crippen LogP contribution in [0.25, 0.3) is 15.7 Å². The van der Waals surface area contributed by atoms with Gasteiger partial charge in [0.1, 0.15) is 17.9 Å². The van der Waals surface area contributed by atoms with Crippen molar-refractivity contribution in [3.8, 4) is 0 Å². The van der Waals surface area contributed by atoms with E-state index in [1.54, 1.807) is 6.07 Å². The lowest BCUT2D eigenvalue weighted by Gasteiger charge is -2.67. The van der Waals surface area contributed by atoms with Gasteiger partial charge in [0.25, 0.3) is 5.56 Å². The quantitative estimate of drug-likeness (QED) is 0.642. The smallest absolute Gasteiger partial charge is 0.309 e. The van der Waals surface area contributed by atoms with Gasteiger partial charge >= 0.3 is 5.97 Å². The van der Waals surface area contributed by atoms with Crippen LogP contribution >= 0.6 is 22.9 Å². The number of aliphatic carboxylic acids is 1. The van der Waals surface area contributed by atoms with Crippen LogP contribution in [0.4, 0.5) is 0 Å². The maximum atomic E-state index is 13.0. The molecule has 8 nitrogen and oxygen atoms in total. The van der Waals surface area contributed by atoms with Crippen molar-refractivity contribution in [3.05, 3.63) is 32.6 Å². The number of hydrogen-bond donors (Lipinski definition) is 2. The molecule has 0 aromatic carbocycles. The summed E-state index contributed by atoms with van der Waals surface area (Å²) in [5.41, 5.74) is -0.134. The number of carboxylic acids is 1. The molecule has 29 heavy (non-hydrogen) atoms. The van der Waals surface area contributed by atoms with E-state index in [-0.39, 0.29) is 23.9 Å². The lowest BCUT2D eigenvalue weighted by molar-refractivity contribution is -0.200. The van der Waals surface area contributed by atoms with Gasteiger partial charge in [-0.3, -0.25) is 18.8 Å². The molecule has 2 bridgehead atoms. The van der Waals surface area contributed by atoms with Crippen LogP contribution in [0.15, 0.2) is 16.9 Å². The molecule has 3 aromatic heterocycles. The van der Waals surface area contributed by atoms with Gasteiger partial charge in [0.15, 0.2) is 0 Å². The highest BCUT2D eigenvalue weighted by molar-refractivity contribution is 7.22. The molecule has 3 saturated carbocycles. The Balaban J connectivity index is 1.46. The Hall–Kier alpha value is -2.39. The minimum absolute atomic E-state index is 0.0229. The molecule has 0 spiro atoms. The highest BCUT2D eigenvalue weighted by Crippen LogP contribution is 2.67. The van der Waals surface area contributed by atoms with Crippen molar-refractivity contribution in [2.75, 3.05) is 0 Å². The van der Waals surface area contributed by atoms with Crippen LogP contribution < -0.4 is 10.9 Å². The zero-order valence-electron chi connectivity index (χ0n) is 15.9. The molecule has 0 unspecified atom stereocenters. The molecule has 0 atom stereocenters. The molecule has 152 valence electrons. The van der Waals surface area contributed by atoms with Gasteiger partial charge in [0.05, 0.1) is 20.0 Å². The van der Waals surface area contributed by atoms with Crippen LogP contribution in [0.2, 0.25) is 4.34 Å². The van der Waals surface area contributed by atoms with Crippen LogP contribution in [-0.2, 0) is 16.1 Å². The van der Waals surface area contributed by atoms with E-state index in [1.165, 1.54) is 16.0 Å². The second-order valence-corrected chi connectivity index (χ2v) is 10.3. The van der Waals surface area contributed by atoms with Gasteiger partial charge in [-0.2, -0.15) is 5.10 Å². The first-order valence-electron chi connectivity index (χ1n) is 9.39. The maximum Gasteiger partial charge on any atom is 0.309 e. The van der Waals surface area contributed by atoms with E-state index in [0.717, 1.165) is 10.2 Å². The van der Waals surface area contributed by atoms with E-state index in [9.17, 15) is 19.5 Å². The minimum Gasteiger partial charge on any atom is -0.481 e. The summed E-state index contributed by atoms with van der Waals surface area (Å²) in [7, 11) is 0. The highest BCUT2D eigenvalue weighted by atomic mass is 35.5. The monoisotopic (exact) mass is 434 g/mol. The van der Waals surface area contributed by atoms with Crippen LogP contribution in [-0.4, -0.2) is 36.7 Å². The molecule has 1 amide bonds. The fraction of sp³-hybridized carbons (Fsp3) is 0.474. The summed E-state index contributed by atoms with van der Waals surface area (Å²) in [4.78, 5) is 36.8. The standard InChI is InChI=1S/C19H19ClN4O4S/c1-9(2)15-22-23(5-14(25)21-19-6-18(7-19,8-19)17(27)28)16(26)11-3-12-10(24(11)15)4-13(20)29-12/h3-4,9H,5-8H2,1-2H3,(H,21,25)(H,27,28). The van der Waals surface area contributed by atoms with E-state index in [2.05, 4.69) is 10.4 Å². The second kappa shape index (κ2) is 5.82. The molecule has 0 aliphatic heterocycles. The predicted molar refractivity (Wildman–Crippen MR) is 109 cm³/mol.